The number of furan rings is 1. The Morgan fingerprint density at radius 3 is 2.84 bits per heavy atom. The molecule has 3 heteroatoms. The summed E-state index contributed by atoms with van der Waals surface area (Å²) in [7, 11) is 0. The number of hydrogen-bond acceptors (Lipinski definition) is 3. The molecule has 1 fully saturated rings. The molecule has 1 saturated carbocycles. The van der Waals surface area contributed by atoms with Crippen molar-refractivity contribution in [1.29, 1.82) is 0 Å². The molecule has 0 amide bonds. The van der Waals surface area contributed by atoms with Gasteiger partial charge in [0.1, 0.15) is 5.58 Å². The van der Waals surface area contributed by atoms with Gasteiger partial charge in [-0.05, 0) is 37.9 Å². The van der Waals surface area contributed by atoms with E-state index in [-0.39, 0.29) is 5.78 Å². The zero-order valence-corrected chi connectivity index (χ0v) is 11.3. The summed E-state index contributed by atoms with van der Waals surface area (Å²) in [5.74, 6) is 0.583. The van der Waals surface area contributed by atoms with E-state index in [0.717, 1.165) is 23.9 Å². The van der Waals surface area contributed by atoms with Gasteiger partial charge in [-0.2, -0.15) is 0 Å². The van der Waals surface area contributed by atoms with Crippen LogP contribution in [0, 0.1) is 0 Å². The van der Waals surface area contributed by atoms with Crippen LogP contribution in [-0.4, -0.2) is 29.8 Å². The molecule has 100 valence electrons. The van der Waals surface area contributed by atoms with Crippen molar-refractivity contribution >= 4 is 16.8 Å². The minimum atomic E-state index is 0.0940. The molecule has 0 bridgehead atoms. The molecule has 0 spiro atoms. The van der Waals surface area contributed by atoms with Gasteiger partial charge >= 0.3 is 0 Å². The molecule has 1 aliphatic rings. The summed E-state index contributed by atoms with van der Waals surface area (Å²) < 4.78 is 5.63. The van der Waals surface area contributed by atoms with Crippen molar-refractivity contribution in [2.45, 2.75) is 32.2 Å². The monoisotopic (exact) mass is 257 g/mol. The van der Waals surface area contributed by atoms with Crippen LogP contribution in [0.1, 0.15) is 36.7 Å². The maximum atomic E-state index is 12.3. The highest BCUT2D eigenvalue weighted by Crippen LogP contribution is 2.27. The Bertz CT molecular complexity index is 550. The van der Waals surface area contributed by atoms with E-state index in [4.69, 9.17) is 4.42 Å². The molecule has 2 aromatic rings. The van der Waals surface area contributed by atoms with E-state index in [1.807, 2.05) is 30.3 Å². The lowest BCUT2D eigenvalue weighted by Gasteiger charge is -2.19. The second kappa shape index (κ2) is 5.17. The Morgan fingerprint density at radius 1 is 1.37 bits per heavy atom. The van der Waals surface area contributed by atoms with Gasteiger partial charge in [-0.25, -0.2) is 0 Å². The molecular weight excluding hydrogens is 238 g/mol. The van der Waals surface area contributed by atoms with Crippen LogP contribution in [-0.2, 0) is 0 Å². The lowest BCUT2D eigenvalue weighted by molar-refractivity contribution is 0.0899. The maximum absolute atomic E-state index is 12.3. The molecule has 0 radical (unpaired) electrons. The quantitative estimate of drug-likeness (QED) is 0.743. The van der Waals surface area contributed by atoms with Crippen LogP contribution in [0.15, 0.2) is 34.7 Å². The summed E-state index contributed by atoms with van der Waals surface area (Å²) in [5, 5.41) is 0.999. The van der Waals surface area contributed by atoms with Crippen LogP contribution in [0.2, 0.25) is 0 Å². The topological polar surface area (TPSA) is 33.5 Å². The third-order valence-corrected chi connectivity index (χ3v) is 3.62. The normalized spacial score (nSPS) is 15.3. The Labute approximate surface area is 113 Å². The fourth-order valence-corrected chi connectivity index (χ4v) is 2.50. The summed E-state index contributed by atoms with van der Waals surface area (Å²) in [4.78, 5) is 14.6. The fourth-order valence-electron chi connectivity index (χ4n) is 2.50. The number of hydrogen-bond donors (Lipinski definition) is 0. The first-order valence-electron chi connectivity index (χ1n) is 7.03. The molecule has 1 aromatic carbocycles. The summed E-state index contributed by atoms with van der Waals surface area (Å²) >= 11 is 0. The molecular formula is C16H19NO2. The molecule has 0 saturated heterocycles. The third-order valence-electron chi connectivity index (χ3n) is 3.62. The van der Waals surface area contributed by atoms with Crippen molar-refractivity contribution in [3.63, 3.8) is 0 Å². The molecule has 3 nitrogen and oxygen atoms in total. The number of carbonyl (C=O) groups excluding carboxylic acids is 1. The highest BCUT2D eigenvalue weighted by molar-refractivity contribution is 5.98. The van der Waals surface area contributed by atoms with Crippen molar-refractivity contribution in [3.05, 3.63) is 36.1 Å². The van der Waals surface area contributed by atoms with Crippen LogP contribution < -0.4 is 0 Å². The number of fused-ring (bicyclic) bond motifs is 1. The van der Waals surface area contributed by atoms with Crippen LogP contribution >= 0.6 is 0 Å². The van der Waals surface area contributed by atoms with Crippen molar-refractivity contribution in [2.24, 2.45) is 0 Å². The average molecular weight is 257 g/mol. The maximum Gasteiger partial charge on any atom is 0.211 e. The fraction of sp³-hybridized carbons (Fsp3) is 0.438. The predicted molar refractivity (Wildman–Crippen MR) is 75.4 cm³/mol. The molecule has 1 aromatic heterocycles. The van der Waals surface area contributed by atoms with E-state index >= 15 is 0 Å². The standard InChI is InChI=1S/C16H19NO2/c1-2-9-17(13-7-8-13)11-14(18)16-10-12-5-3-4-6-15(12)19-16/h3-6,10,13H,2,7-9,11H2,1H3. The van der Waals surface area contributed by atoms with E-state index < -0.39 is 0 Å². The Kier molecular flexibility index (Phi) is 3.38. The van der Waals surface area contributed by atoms with E-state index in [9.17, 15) is 4.79 Å². The lowest BCUT2D eigenvalue weighted by atomic mass is 10.2. The molecule has 0 aliphatic heterocycles. The van der Waals surface area contributed by atoms with Gasteiger partial charge in [-0.3, -0.25) is 9.69 Å². The van der Waals surface area contributed by atoms with E-state index in [0.29, 0.717) is 18.3 Å². The molecule has 3 rings (SSSR count). The first kappa shape index (κ1) is 12.4. The Morgan fingerprint density at radius 2 is 2.16 bits per heavy atom. The zero-order valence-electron chi connectivity index (χ0n) is 11.3. The van der Waals surface area contributed by atoms with Gasteiger partial charge in [0.2, 0.25) is 5.78 Å². The first-order chi connectivity index (χ1) is 9.28. The van der Waals surface area contributed by atoms with E-state index in [2.05, 4.69) is 11.8 Å². The van der Waals surface area contributed by atoms with Gasteiger partial charge in [0.25, 0.3) is 0 Å². The second-order valence-corrected chi connectivity index (χ2v) is 5.27. The van der Waals surface area contributed by atoms with Gasteiger partial charge < -0.3 is 4.42 Å². The first-order valence-corrected chi connectivity index (χ1v) is 7.03. The molecule has 0 atom stereocenters. The third kappa shape index (κ3) is 2.71. The SMILES string of the molecule is CCCN(CC(=O)c1cc2ccccc2o1)C1CC1. The van der Waals surface area contributed by atoms with E-state index in [1.165, 1.54) is 12.8 Å². The highest BCUT2D eigenvalue weighted by atomic mass is 16.3. The number of benzene rings is 1. The second-order valence-electron chi connectivity index (χ2n) is 5.27. The van der Waals surface area contributed by atoms with Gasteiger partial charge in [0.05, 0.1) is 6.54 Å². The molecule has 19 heavy (non-hydrogen) atoms. The molecule has 1 heterocycles. The number of nitrogens with zero attached hydrogens (tertiary/aromatic N) is 1. The van der Waals surface area contributed by atoms with Crippen LogP contribution in [0.4, 0.5) is 0 Å². The minimum Gasteiger partial charge on any atom is -0.453 e. The number of rotatable bonds is 6. The number of ketones is 1. The zero-order chi connectivity index (χ0) is 13.2. The number of carbonyl (C=O) groups is 1. The van der Waals surface area contributed by atoms with Gasteiger partial charge in [-0.15, -0.1) is 0 Å². The number of para-hydroxylation sites is 1. The van der Waals surface area contributed by atoms with E-state index in [1.54, 1.807) is 0 Å². The largest absolute Gasteiger partial charge is 0.453 e. The molecule has 1 aliphatic carbocycles. The summed E-state index contributed by atoms with van der Waals surface area (Å²) in [6, 6.07) is 10.2. The lowest BCUT2D eigenvalue weighted by Crippen LogP contribution is -2.32. The Balaban J connectivity index is 1.75. The van der Waals surface area contributed by atoms with Gasteiger partial charge in [0.15, 0.2) is 5.76 Å². The molecule has 0 N–H and O–H groups in total. The van der Waals surface area contributed by atoms with Crippen LogP contribution in [0.25, 0.3) is 11.0 Å². The predicted octanol–water partition coefficient (Wildman–Crippen LogP) is 3.49. The summed E-state index contributed by atoms with van der Waals surface area (Å²) in [6.07, 6.45) is 3.55. The molecule has 0 unspecified atom stereocenters. The van der Waals surface area contributed by atoms with Gasteiger partial charge in [-0.1, -0.05) is 25.1 Å². The van der Waals surface area contributed by atoms with Gasteiger partial charge in [0, 0.05) is 11.4 Å². The summed E-state index contributed by atoms with van der Waals surface area (Å²) in [6.45, 7) is 3.63. The minimum absolute atomic E-state index is 0.0940. The van der Waals surface area contributed by atoms with Crippen molar-refractivity contribution < 1.29 is 9.21 Å². The Hall–Kier alpha value is -1.61. The van der Waals surface area contributed by atoms with Crippen molar-refractivity contribution in [3.8, 4) is 0 Å². The van der Waals surface area contributed by atoms with Crippen LogP contribution in [0.5, 0.6) is 0 Å². The van der Waals surface area contributed by atoms with Crippen molar-refractivity contribution in [2.75, 3.05) is 13.1 Å². The number of Topliss-reactive ketones (excluding diaryl/α,β-unsaturated/α-hetero) is 1. The smallest absolute Gasteiger partial charge is 0.211 e. The van der Waals surface area contributed by atoms with Crippen LogP contribution in [0.3, 0.4) is 0 Å². The average Bonchev–Trinajstić information content (AvgIpc) is 3.16. The van der Waals surface area contributed by atoms with Crippen molar-refractivity contribution in [1.82, 2.24) is 4.90 Å². The highest BCUT2D eigenvalue weighted by Gasteiger charge is 2.30. The summed E-state index contributed by atoms with van der Waals surface area (Å²) in [5.41, 5.74) is 0.791.